The Kier molecular flexibility index (Phi) is 5.71. The smallest absolute Gasteiger partial charge is 0.262 e. The second-order valence-electron chi connectivity index (χ2n) is 8.57. The van der Waals surface area contributed by atoms with Crippen LogP contribution in [0.5, 0.6) is 0 Å². The number of amides is 1. The molecule has 1 atom stereocenters. The molecule has 0 spiro atoms. The summed E-state index contributed by atoms with van der Waals surface area (Å²) in [5.74, 6) is 0.924. The molecule has 1 amide bonds. The Labute approximate surface area is 191 Å². The number of furan rings is 1. The molecule has 1 aliphatic rings. The third-order valence-electron chi connectivity index (χ3n) is 5.91. The molecule has 0 radical (unpaired) electrons. The van der Waals surface area contributed by atoms with Gasteiger partial charge in [-0.15, -0.1) is 11.3 Å². The summed E-state index contributed by atoms with van der Waals surface area (Å²) < 4.78 is 12.4. The fourth-order valence-electron chi connectivity index (χ4n) is 4.37. The van der Waals surface area contributed by atoms with Gasteiger partial charge in [-0.25, -0.2) is 4.98 Å². The minimum Gasteiger partial charge on any atom is -0.459 e. The number of morpholine rings is 1. The highest BCUT2D eigenvalue weighted by Gasteiger charge is 2.31. The monoisotopic (exact) mass is 449 g/mol. The number of nitrogens with zero attached hydrogens (tertiary/aromatic N) is 2. The zero-order valence-electron chi connectivity index (χ0n) is 18.6. The number of nitrogens with one attached hydrogen (secondary N) is 1. The van der Waals surface area contributed by atoms with E-state index in [1.807, 2.05) is 44.2 Å². The molecule has 32 heavy (non-hydrogen) atoms. The largest absolute Gasteiger partial charge is 0.459 e. The van der Waals surface area contributed by atoms with Gasteiger partial charge in [-0.05, 0) is 38.5 Å². The second kappa shape index (κ2) is 8.65. The highest BCUT2D eigenvalue weighted by molar-refractivity contribution is 7.20. The van der Waals surface area contributed by atoms with Crippen LogP contribution in [0.25, 0.3) is 21.2 Å². The summed E-state index contributed by atoms with van der Waals surface area (Å²) in [6.45, 7) is 8.89. The summed E-state index contributed by atoms with van der Waals surface area (Å²) >= 11 is 1.44. The predicted octanol–water partition coefficient (Wildman–Crippen LogP) is 5.06. The number of pyridine rings is 1. The molecule has 1 aromatic carbocycles. The summed E-state index contributed by atoms with van der Waals surface area (Å²) in [7, 11) is 0. The van der Waals surface area contributed by atoms with E-state index >= 15 is 0 Å². The summed E-state index contributed by atoms with van der Waals surface area (Å²) in [4.78, 5) is 21.4. The number of carbonyl (C=O) groups excluding carboxylic acids is 1. The van der Waals surface area contributed by atoms with Crippen LogP contribution in [0.1, 0.15) is 46.5 Å². The van der Waals surface area contributed by atoms with Gasteiger partial charge in [0.2, 0.25) is 0 Å². The molecule has 1 saturated heterocycles. The summed E-state index contributed by atoms with van der Waals surface area (Å²) in [6, 6.07) is 12.2. The fraction of sp³-hybridized carbons (Fsp3) is 0.360. The number of benzene rings is 1. The van der Waals surface area contributed by atoms with Crippen LogP contribution < -0.4 is 5.32 Å². The first kappa shape index (κ1) is 21.1. The summed E-state index contributed by atoms with van der Waals surface area (Å²) in [5.41, 5.74) is 3.06. The molecule has 3 aromatic heterocycles. The first-order valence-electron chi connectivity index (χ1n) is 11.0. The van der Waals surface area contributed by atoms with E-state index in [4.69, 9.17) is 9.15 Å². The summed E-state index contributed by atoms with van der Waals surface area (Å²) in [6.07, 6.45) is 1.57. The Bertz CT molecular complexity index is 1280. The average molecular weight is 450 g/mol. The number of para-hydroxylation sites is 1. The van der Waals surface area contributed by atoms with E-state index in [0.717, 1.165) is 39.1 Å². The van der Waals surface area contributed by atoms with Gasteiger partial charge in [-0.2, -0.15) is 0 Å². The van der Waals surface area contributed by atoms with Gasteiger partial charge in [0, 0.05) is 41.7 Å². The van der Waals surface area contributed by atoms with E-state index in [1.54, 1.807) is 6.20 Å². The van der Waals surface area contributed by atoms with Crippen LogP contribution in [-0.2, 0) is 11.3 Å². The van der Waals surface area contributed by atoms with Gasteiger partial charge in [0.1, 0.15) is 21.1 Å². The van der Waals surface area contributed by atoms with Crippen molar-refractivity contribution in [3.05, 3.63) is 64.4 Å². The van der Waals surface area contributed by atoms with Crippen molar-refractivity contribution in [2.75, 3.05) is 19.7 Å². The SMILES string of the molecule is Cc1c(CN2CCOC(c3c(C(=O)NC(C)C)sc4ncccc34)C2)oc2ccccc12. The number of ether oxygens (including phenoxy) is 1. The molecule has 0 bridgehead atoms. The van der Waals surface area contributed by atoms with Gasteiger partial charge in [0.25, 0.3) is 5.91 Å². The van der Waals surface area contributed by atoms with E-state index in [2.05, 4.69) is 28.2 Å². The van der Waals surface area contributed by atoms with Crippen molar-refractivity contribution in [3.8, 4) is 0 Å². The van der Waals surface area contributed by atoms with Gasteiger partial charge in [-0.3, -0.25) is 9.69 Å². The third-order valence-corrected chi connectivity index (χ3v) is 7.04. The second-order valence-corrected chi connectivity index (χ2v) is 9.57. The number of rotatable bonds is 5. The Hall–Kier alpha value is -2.74. The molecule has 166 valence electrons. The van der Waals surface area contributed by atoms with Crippen LogP contribution in [0.15, 0.2) is 47.0 Å². The standard InChI is InChI=1S/C25H27N3O3S/c1-15(2)27-24(29)23-22(18-8-6-10-26-25(18)32-23)21-14-28(11-12-30-21)13-20-16(3)17-7-4-5-9-19(17)31-20/h4-10,15,21H,11-14H2,1-3H3,(H,27,29). The van der Waals surface area contributed by atoms with Gasteiger partial charge < -0.3 is 14.5 Å². The van der Waals surface area contributed by atoms with Crippen LogP contribution in [0.3, 0.4) is 0 Å². The molecule has 4 heterocycles. The van der Waals surface area contributed by atoms with Crippen LogP contribution >= 0.6 is 11.3 Å². The van der Waals surface area contributed by atoms with Crippen molar-refractivity contribution in [2.24, 2.45) is 0 Å². The van der Waals surface area contributed by atoms with E-state index < -0.39 is 0 Å². The molecule has 1 unspecified atom stereocenters. The number of hydrogen-bond donors (Lipinski definition) is 1. The number of aromatic nitrogens is 1. The topological polar surface area (TPSA) is 67.6 Å². The predicted molar refractivity (Wildman–Crippen MR) is 127 cm³/mol. The molecular formula is C25H27N3O3S. The fourth-order valence-corrected chi connectivity index (χ4v) is 5.46. The Morgan fingerprint density at radius 3 is 2.88 bits per heavy atom. The van der Waals surface area contributed by atoms with Crippen molar-refractivity contribution in [3.63, 3.8) is 0 Å². The maximum Gasteiger partial charge on any atom is 0.262 e. The minimum absolute atomic E-state index is 0.0631. The number of fused-ring (bicyclic) bond motifs is 2. The molecule has 5 rings (SSSR count). The minimum atomic E-state index is -0.195. The molecule has 1 fully saturated rings. The molecular weight excluding hydrogens is 422 g/mol. The van der Waals surface area contributed by atoms with Crippen LogP contribution in [0.2, 0.25) is 0 Å². The van der Waals surface area contributed by atoms with Crippen molar-refractivity contribution >= 4 is 38.4 Å². The highest BCUT2D eigenvalue weighted by Crippen LogP contribution is 2.38. The van der Waals surface area contributed by atoms with Crippen LogP contribution in [0, 0.1) is 6.92 Å². The van der Waals surface area contributed by atoms with E-state index in [0.29, 0.717) is 24.6 Å². The highest BCUT2D eigenvalue weighted by atomic mass is 32.1. The summed E-state index contributed by atoms with van der Waals surface area (Å²) in [5, 5.41) is 5.19. The lowest BCUT2D eigenvalue weighted by atomic mass is 10.0. The van der Waals surface area contributed by atoms with Gasteiger partial charge in [0.15, 0.2) is 0 Å². The molecule has 0 aliphatic carbocycles. The Balaban J connectivity index is 1.45. The zero-order chi connectivity index (χ0) is 22.2. The normalized spacial score (nSPS) is 17.4. The van der Waals surface area contributed by atoms with Crippen LogP contribution in [0.4, 0.5) is 0 Å². The van der Waals surface area contributed by atoms with E-state index in [1.165, 1.54) is 16.9 Å². The van der Waals surface area contributed by atoms with Gasteiger partial charge in [-0.1, -0.05) is 24.3 Å². The van der Waals surface area contributed by atoms with Crippen molar-refractivity contribution in [2.45, 2.75) is 39.5 Å². The molecule has 1 N–H and O–H groups in total. The van der Waals surface area contributed by atoms with Crippen molar-refractivity contribution in [1.82, 2.24) is 15.2 Å². The van der Waals surface area contributed by atoms with E-state index in [-0.39, 0.29) is 18.1 Å². The van der Waals surface area contributed by atoms with Crippen molar-refractivity contribution in [1.29, 1.82) is 0 Å². The van der Waals surface area contributed by atoms with Gasteiger partial charge in [0.05, 0.1) is 19.3 Å². The third kappa shape index (κ3) is 3.92. The Morgan fingerprint density at radius 1 is 1.25 bits per heavy atom. The lowest BCUT2D eigenvalue weighted by Gasteiger charge is -2.33. The maximum atomic E-state index is 13.0. The molecule has 1 aliphatic heterocycles. The van der Waals surface area contributed by atoms with Crippen molar-refractivity contribution < 1.29 is 13.9 Å². The van der Waals surface area contributed by atoms with E-state index in [9.17, 15) is 4.79 Å². The number of aryl methyl sites for hydroxylation is 1. The van der Waals surface area contributed by atoms with Gasteiger partial charge >= 0.3 is 0 Å². The molecule has 7 heteroatoms. The maximum absolute atomic E-state index is 13.0. The first-order chi connectivity index (χ1) is 15.5. The molecule has 4 aromatic rings. The zero-order valence-corrected chi connectivity index (χ0v) is 19.4. The molecule has 6 nitrogen and oxygen atoms in total. The van der Waals surface area contributed by atoms with Crippen LogP contribution in [-0.4, -0.2) is 41.5 Å². The number of hydrogen-bond acceptors (Lipinski definition) is 6. The Morgan fingerprint density at radius 2 is 2.06 bits per heavy atom. The first-order valence-corrected chi connectivity index (χ1v) is 11.8. The quantitative estimate of drug-likeness (QED) is 0.461. The lowest BCUT2D eigenvalue weighted by molar-refractivity contribution is -0.0340. The average Bonchev–Trinajstić information content (AvgIpc) is 3.32. The number of thiophene rings is 1. The number of carbonyl (C=O) groups is 1. The lowest BCUT2D eigenvalue weighted by Crippen LogP contribution is -2.38. The molecule has 0 saturated carbocycles.